The summed E-state index contributed by atoms with van der Waals surface area (Å²) in [7, 11) is 0. The molecule has 21 heavy (non-hydrogen) atoms. The first-order valence-electron chi connectivity index (χ1n) is 6.57. The lowest BCUT2D eigenvalue weighted by atomic mass is 10.1. The third-order valence-corrected chi connectivity index (χ3v) is 3.94. The summed E-state index contributed by atoms with van der Waals surface area (Å²) < 4.78 is 20.1. The quantitative estimate of drug-likeness (QED) is 0.830. The van der Waals surface area contributed by atoms with E-state index in [4.69, 9.17) is 22.1 Å². The fourth-order valence-electron chi connectivity index (χ4n) is 2.15. The van der Waals surface area contributed by atoms with Crippen LogP contribution in [0.15, 0.2) is 34.8 Å². The van der Waals surface area contributed by atoms with Gasteiger partial charge in [-0.2, -0.15) is 0 Å². The number of nitrogens with two attached hydrogens (primary N) is 1. The molecule has 0 heterocycles. The molecule has 0 aliphatic heterocycles. The summed E-state index contributed by atoms with van der Waals surface area (Å²) in [5.74, 6) is 0.455. The molecule has 0 saturated carbocycles. The van der Waals surface area contributed by atoms with Gasteiger partial charge in [0.1, 0.15) is 18.2 Å². The van der Waals surface area contributed by atoms with Gasteiger partial charge in [-0.25, -0.2) is 4.39 Å². The Hall–Kier alpha value is -1.10. The van der Waals surface area contributed by atoms with Crippen LogP contribution in [0.3, 0.4) is 0 Å². The van der Waals surface area contributed by atoms with E-state index in [2.05, 4.69) is 15.9 Å². The minimum absolute atomic E-state index is 0.219. The summed E-state index contributed by atoms with van der Waals surface area (Å²) in [4.78, 5) is 0. The molecule has 2 rings (SSSR count). The molecule has 0 aliphatic rings. The van der Waals surface area contributed by atoms with Gasteiger partial charge < -0.3 is 10.5 Å². The van der Waals surface area contributed by atoms with E-state index in [1.54, 1.807) is 0 Å². The van der Waals surface area contributed by atoms with Crippen molar-refractivity contribution in [3.05, 3.63) is 62.3 Å². The monoisotopic (exact) mass is 371 g/mol. The highest BCUT2D eigenvalue weighted by Gasteiger charge is 2.10. The zero-order valence-electron chi connectivity index (χ0n) is 11.6. The number of halogens is 3. The lowest BCUT2D eigenvalue weighted by Crippen LogP contribution is -2.07. The zero-order valence-corrected chi connectivity index (χ0v) is 14.0. The highest BCUT2D eigenvalue weighted by Crippen LogP contribution is 2.30. The predicted octanol–water partition coefficient (Wildman–Crippen LogP) is 4.63. The molecule has 2 aromatic carbocycles. The number of hydrogen-bond acceptors (Lipinski definition) is 2. The first-order chi connectivity index (χ1) is 10.0. The SMILES string of the molecule is Cc1cc(Br)cc(CCN)c1OCc1cc(F)ccc1Cl. The van der Waals surface area contributed by atoms with Gasteiger partial charge in [-0.1, -0.05) is 27.5 Å². The van der Waals surface area contributed by atoms with Crippen LogP contribution in [-0.4, -0.2) is 6.54 Å². The Morgan fingerprint density at radius 1 is 1.24 bits per heavy atom. The van der Waals surface area contributed by atoms with Crippen LogP contribution < -0.4 is 10.5 Å². The van der Waals surface area contributed by atoms with Crippen molar-refractivity contribution in [2.24, 2.45) is 5.73 Å². The Balaban J connectivity index is 2.25. The summed E-state index contributed by atoms with van der Waals surface area (Å²) in [5, 5.41) is 0.492. The van der Waals surface area contributed by atoms with Crippen molar-refractivity contribution in [3.8, 4) is 5.75 Å². The van der Waals surface area contributed by atoms with E-state index in [0.29, 0.717) is 23.6 Å². The van der Waals surface area contributed by atoms with Gasteiger partial charge in [-0.15, -0.1) is 0 Å². The molecular weight excluding hydrogens is 357 g/mol. The molecule has 2 nitrogen and oxygen atoms in total. The molecule has 0 aromatic heterocycles. The summed E-state index contributed by atoms with van der Waals surface area (Å²) in [6.07, 6.45) is 0.715. The van der Waals surface area contributed by atoms with E-state index in [-0.39, 0.29) is 12.4 Å². The van der Waals surface area contributed by atoms with Crippen LogP contribution in [0.25, 0.3) is 0 Å². The van der Waals surface area contributed by atoms with Crippen LogP contribution in [0.1, 0.15) is 16.7 Å². The van der Waals surface area contributed by atoms with E-state index in [0.717, 1.165) is 21.3 Å². The molecule has 0 unspecified atom stereocenters. The van der Waals surface area contributed by atoms with Crippen LogP contribution in [-0.2, 0) is 13.0 Å². The van der Waals surface area contributed by atoms with Crippen molar-refractivity contribution in [3.63, 3.8) is 0 Å². The molecule has 0 atom stereocenters. The molecule has 2 N–H and O–H groups in total. The van der Waals surface area contributed by atoms with Crippen molar-refractivity contribution in [2.45, 2.75) is 20.0 Å². The number of hydrogen-bond donors (Lipinski definition) is 1. The van der Waals surface area contributed by atoms with Crippen molar-refractivity contribution in [1.29, 1.82) is 0 Å². The van der Waals surface area contributed by atoms with E-state index < -0.39 is 0 Å². The van der Waals surface area contributed by atoms with Gasteiger partial charge in [0, 0.05) is 15.1 Å². The number of aryl methyl sites for hydroxylation is 1. The lowest BCUT2D eigenvalue weighted by Gasteiger charge is -2.15. The fourth-order valence-corrected chi connectivity index (χ4v) is 2.94. The molecule has 112 valence electrons. The van der Waals surface area contributed by atoms with Crippen LogP contribution >= 0.6 is 27.5 Å². The fraction of sp³-hybridized carbons (Fsp3) is 0.250. The van der Waals surface area contributed by atoms with E-state index in [9.17, 15) is 4.39 Å². The second-order valence-electron chi connectivity index (χ2n) is 4.77. The second-order valence-corrected chi connectivity index (χ2v) is 6.10. The van der Waals surface area contributed by atoms with Crippen LogP contribution in [0.4, 0.5) is 4.39 Å². The largest absolute Gasteiger partial charge is 0.488 e. The van der Waals surface area contributed by atoms with Crippen molar-refractivity contribution in [1.82, 2.24) is 0 Å². The average molecular weight is 373 g/mol. The third-order valence-electron chi connectivity index (χ3n) is 3.11. The summed E-state index contributed by atoms with van der Waals surface area (Å²) in [6, 6.07) is 8.21. The highest BCUT2D eigenvalue weighted by atomic mass is 79.9. The van der Waals surface area contributed by atoms with Crippen LogP contribution in [0.2, 0.25) is 5.02 Å². The van der Waals surface area contributed by atoms with E-state index >= 15 is 0 Å². The Morgan fingerprint density at radius 2 is 2.00 bits per heavy atom. The van der Waals surface area contributed by atoms with Gasteiger partial charge in [0.25, 0.3) is 0 Å². The molecule has 0 amide bonds. The Morgan fingerprint density at radius 3 is 2.71 bits per heavy atom. The number of benzene rings is 2. The van der Waals surface area contributed by atoms with Crippen molar-refractivity contribution < 1.29 is 9.13 Å². The minimum Gasteiger partial charge on any atom is -0.488 e. The number of ether oxygens (including phenoxy) is 1. The first kappa shape index (κ1) is 16.3. The molecule has 0 fully saturated rings. The zero-order chi connectivity index (χ0) is 15.4. The summed E-state index contributed by atoms with van der Waals surface area (Å²) in [6.45, 7) is 2.72. The van der Waals surface area contributed by atoms with E-state index in [1.807, 2.05) is 19.1 Å². The third kappa shape index (κ3) is 4.19. The molecule has 5 heteroatoms. The summed E-state index contributed by atoms with van der Waals surface area (Å²) >= 11 is 9.52. The maximum absolute atomic E-state index is 13.3. The van der Waals surface area contributed by atoms with E-state index in [1.165, 1.54) is 18.2 Å². The van der Waals surface area contributed by atoms with Gasteiger partial charge >= 0.3 is 0 Å². The first-order valence-corrected chi connectivity index (χ1v) is 7.74. The summed E-state index contributed by atoms with van der Waals surface area (Å²) in [5.41, 5.74) is 8.29. The average Bonchev–Trinajstić information content (AvgIpc) is 2.41. The van der Waals surface area contributed by atoms with Crippen molar-refractivity contribution >= 4 is 27.5 Å². The standard InChI is InChI=1S/C16H16BrClFNO/c1-10-6-13(17)7-11(4-5-20)16(10)21-9-12-8-14(19)2-3-15(12)18/h2-3,6-8H,4-5,9,20H2,1H3. The second kappa shape index (κ2) is 7.25. The topological polar surface area (TPSA) is 35.2 Å². The Kier molecular flexibility index (Phi) is 5.62. The van der Waals surface area contributed by atoms with Gasteiger partial charge in [0.2, 0.25) is 0 Å². The molecule has 0 spiro atoms. The molecule has 0 radical (unpaired) electrons. The maximum Gasteiger partial charge on any atom is 0.126 e. The predicted molar refractivity (Wildman–Crippen MR) is 87.4 cm³/mol. The maximum atomic E-state index is 13.3. The minimum atomic E-state index is -0.326. The van der Waals surface area contributed by atoms with Gasteiger partial charge in [0.15, 0.2) is 0 Å². The smallest absolute Gasteiger partial charge is 0.126 e. The lowest BCUT2D eigenvalue weighted by molar-refractivity contribution is 0.300. The Labute approximate surface area is 137 Å². The molecular formula is C16H16BrClFNO. The molecule has 0 bridgehead atoms. The van der Waals surface area contributed by atoms with Crippen LogP contribution in [0.5, 0.6) is 5.75 Å². The number of rotatable bonds is 5. The molecule has 0 aliphatic carbocycles. The van der Waals surface area contributed by atoms with Crippen molar-refractivity contribution in [2.75, 3.05) is 6.54 Å². The van der Waals surface area contributed by atoms with Gasteiger partial charge in [-0.3, -0.25) is 0 Å². The molecule has 2 aromatic rings. The highest BCUT2D eigenvalue weighted by molar-refractivity contribution is 9.10. The molecule has 0 saturated heterocycles. The van der Waals surface area contributed by atoms with Gasteiger partial charge in [-0.05, 0) is 61.3 Å². The van der Waals surface area contributed by atoms with Gasteiger partial charge in [0.05, 0.1) is 0 Å². The van der Waals surface area contributed by atoms with Crippen LogP contribution in [0, 0.1) is 12.7 Å². The Bertz CT molecular complexity index is 648. The normalized spacial score (nSPS) is 10.7.